The van der Waals surface area contributed by atoms with Gasteiger partial charge in [-0.15, -0.1) is 0 Å². The van der Waals surface area contributed by atoms with Crippen LogP contribution in [0.3, 0.4) is 0 Å². The van der Waals surface area contributed by atoms with E-state index in [1.54, 1.807) is 29.2 Å². The first-order chi connectivity index (χ1) is 13.1. The molecular formula is C19H21F2N3O2S. The maximum Gasteiger partial charge on any atom is 0.288 e. The number of hydrogen-bond donors (Lipinski definition) is 0. The number of likely N-dealkylation sites (tertiary alicyclic amines) is 1. The van der Waals surface area contributed by atoms with Crippen molar-refractivity contribution in [2.24, 2.45) is 5.92 Å². The van der Waals surface area contributed by atoms with Crippen LogP contribution in [0.25, 0.3) is 0 Å². The number of thioether (sulfide) groups is 1. The van der Waals surface area contributed by atoms with Crippen molar-refractivity contribution in [3.8, 4) is 0 Å². The zero-order valence-electron chi connectivity index (χ0n) is 14.8. The van der Waals surface area contributed by atoms with Gasteiger partial charge in [-0.1, -0.05) is 29.1 Å². The number of hydrogen-bond acceptors (Lipinski definition) is 5. The first kappa shape index (κ1) is 18.4. The molecule has 2 fully saturated rings. The number of amides is 1. The second-order valence-electron chi connectivity index (χ2n) is 7.16. The zero-order chi connectivity index (χ0) is 18.8. The molecular weight excluding hydrogens is 372 g/mol. The molecule has 2 heterocycles. The van der Waals surface area contributed by atoms with Crippen molar-refractivity contribution in [1.82, 2.24) is 15.0 Å². The number of carbonyl (C=O) groups is 1. The summed E-state index contributed by atoms with van der Waals surface area (Å²) >= 11 is 0.418. The Morgan fingerprint density at radius 3 is 2.89 bits per heavy atom. The predicted molar refractivity (Wildman–Crippen MR) is 96.9 cm³/mol. The van der Waals surface area contributed by atoms with Crippen LogP contribution in [0.2, 0.25) is 0 Å². The average Bonchev–Trinajstić information content (AvgIpc) is 3.41. The average molecular weight is 393 g/mol. The molecule has 1 aliphatic carbocycles. The van der Waals surface area contributed by atoms with Crippen LogP contribution in [0.15, 0.2) is 33.7 Å². The van der Waals surface area contributed by atoms with E-state index in [2.05, 4.69) is 10.1 Å². The van der Waals surface area contributed by atoms with Gasteiger partial charge in [-0.3, -0.25) is 4.79 Å². The molecule has 1 aliphatic heterocycles. The summed E-state index contributed by atoms with van der Waals surface area (Å²) < 4.78 is 30.9. The summed E-state index contributed by atoms with van der Waals surface area (Å²) in [6, 6.07) is 6.58. The zero-order valence-corrected chi connectivity index (χ0v) is 15.6. The van der Waals surface area contributed by atoms with E-state index >= 15 is 0 Å². The van der Waals surface area contributed by atoms with Gasteiger partial charge in [-0.05, 0) is 43.7 Å². The van der Waals surface area contributed by atoms with Crippen molar-refractivity contribution in [1.29, 1.82) is 0 Å². The summed E-state index contributed by atoms with van der Waals surface area (Å²) in [6.45, 7) is 1.22. The number of aromatic nitrogens is 2. The van der Waals surface area contributed by atoms with Gasteiger partial charge in [0.2, 0.25) is 5.89 Å². The van der Waals surface area contributed by atoms with Crippen LogP contribution >= 0.6 is 11.8 Å². The molecule has 5 nitrogen and oxygen atoms in total. The van der Waals surface area contributed by atoms with E-state index in [4.69, 9.17) is 4.52 Å². The van der Waals surface area contributed by atoms with Gasteiger partial charge >= 0.3 is 0 Å². The summed E-state index contributed by atoms with van der Waals surface area (Å²) in [5, 5.41) is 4.04. The lowest BCUT2D eigenvalue weighted by atomic mass is 9.94. The van der Waals surface area contributed by atoms with Gasteiger partial charge in [0.15, 0.2) is 5.82 Å². The maximum atomic E-state index is 12.9. The largest absolute Gasteiger partial charge is 0.339 e. The SMILES string of the molecule is O=C(c1ccccc1SC(F)F)N1CCC[C@@H](Cc2nc(C3CC3)no2)C1. The van der Waals surface area contributed by atoms with Crippen molar-refractivity contribution in [2.75, 3.05) is 13.1 Å². The quantitative estimate of drug-likeness (QED) is 0.683. The molecule has 1 amide bonds. The Morgan fingerprint density at radius 1 is 1.30 bits per heavy atom. The molecule has 1 saturated heterocycles. The van der Waals surface area contributed by atoms with E-state index in [1.165, 1.54) is 0 Å². The number of benzene rings is 1. The Bertz CT molecular complexity index is 810. The van der Waals surface area contributed by atoms with Crippen LogP contribution < -0.4 is 0 Å². The molecule has 1 saturated carbocycles. The van der Waals surface area contributed by atoms with Crippen molar-refractivity contribution in [2.45, 2.75) is 48.7 Å². The molecule has 2 aliphatic rings. The van der Waals surface area contributed by atoms with E-state index in [9.17, 15) is 13.6 Å². The second kappa shape index (κ2) is 7.96. The van der Waals surface area contributed by atoms with Gasteiger partial charge in [0.1, 0.15) is 0 Å². The summed E-state index contributed by atoms with van der Waals surface area (Å²) in [5.74, 6) is -0.615. The Hall–Kier alpha value is -1.96. The lowest BCUT2D eigenvalue weighted by Crippen LogP contribution is -2.40. The van der Waals surface area contributed by atoms with Crippen LogP contribution in [0.5, 0.6) is 0 Å². The lowest BCUT2D eigenvalue weighted by Gasteiger charge is -2.32. The highest BCUT2D eigenvalue weighted by Gasteiger charge is 2.31. The van der Waals surface area contributed by atoms with Gasteiger partial charge < -0.3 is 9.42 Å². The molecule has 1 aromatic heterocycles. The molecule has 0 radical (unpaired) electrons. The highest BCUT2D eigenvalue weighted by Crippen LogP contribution is 2.38. The molecule has 1 aromatic carbocycles. The van der Waals surface area contributed by atoms with Crippen molar-refractivity contribution >= 4 is 17.7 Å². The number of piperidine rings is 1. The van der Waals surface area contributed by atoms with E-state index in [0.29, 0.717) is 53.5 Å². The van der Waals surface area contributed by atoms with Gasteiger partial charge in [0, 0.05) is 30.3 Å². The van der Waals surface area contributed by atoms with Crippen molar-refractivity contribution < 1.29 is 18.1 Å². The van der Waals surface area contributed by atoms with Crippen LogP contribution in [-0.4, -0.2) is 39.8 Å². The van der Waals surface area contributed by atoms with Gasteiger partial charge in [-0.2, -0.15) is 13.8 Å². The summed E-state index contributed by atoms with van der Waals surface area (Å²) in [7, 11) is 0. The lowest BCUT2D eigenvalue weighted by molar-refractivity contribution is 0.0664. The number of carbonyl (C=O) groups excluding carboxylic acids is 1. The molecule has 0 N–H and O–H groups in total. The number of alkyl halides is 2. The molecule has 27 heavy (non-hydrogen) atoms. The van der Waals surface area contributed by atoms with Crippen LogP contribution in [0.4, 0.5) is 8.78 Å². The van der Waals surface area contributed by atoms with Crippen LogP contribution in [0, 0.1) is 5.92 Å². The fourth-order valence-corrected chi connectivity index (χ4v) is 4.17. The third kappa shape index (κ3) is 4.48. The predicted octanol–water partition coefficient (Wildman–Crippen LogP) is 4.36. The van der Waals surface area contributed by atoms with Gasteiger partial charge in [-0.25, -0.2) is 0 Å². The topological polar surface area (TPSA) is 59.2 Å². The van der Waals surface area contributed by atoms with Gasteiger partial charge in [0.25, 0.3) is 11.7 Å². The molecule has 8 heteroatoms. The van der Waals surface area contributed by atoms with Crippen LogP contribution in [-0.2, 0) is 6.42 Å². The van der Waals surface area contributed by atoms with Crippen molar-refractivity contribution in [3.63, 3.8) is 0 Å². The second-order valence-corrected chi connectivity index (χ2v) is 8.19. The standard InChI is InChI=1S/C19H21F2N3O2S/c20-19(21)27-15-6-2-1-5-14(15)18(25)24-9-3-4-12(11-24)10-16-22-17(23-26-16)13-7-8-13/h1-2,5-6,12-13,19H,3-4,7-11H2/t12-/m0/s1. The molecule has 2 aromatic rings. The first-order valence-electron chi connectivity index (χ1n) is 9.25. The van der Waals surface area contributed by atoms with E-state index in [-0.39, 0.29) is 11.8 Å². The summed E-state index contributed by atoms with van der Waals surface area (Å²) in [5.41, 5.74) is 0.345. The van der Waals surface area contributed by atoms with Gasteiger partial charge in [0.05, 0.1) is 5.56 Å². The number of halogens is 2. The minimum absolute atomic E-state index is 0.187. The summed E-state index contributed by atoms with van der Waals surface area (Å²) in [4.78, 5) is 19.5. The molecule has 1 atom stereocenters. The normalized spacial score (nSPS) is 20.3. The summed E-state index contributed by atoms with van der Waals surface area (Å²) in [6.07, 6.45) is 4.76. The Kier molecular flexibility index (Phi) is 5.43. The Balaban J connectivity index is 1.42. The molecule has 0 unspecified atom stereocenters. The minimum Gasteiger partial charge on any atom is -0.339 e. The molecule has 4 rings (SSSR count). The Labute approximate surface area is 160 Å². The highest BCUT2D eigenvalue weighted by molar-refractivity contribution is 7.99. The third-order valence-corrected chi connectivity index (χ3v) is 5.82. The highest BCUT2D eigenvalue weighted by atomic mass is 32.2. The minimum atomic E-state index is -2.55. The number of nitrogens with zero attached hydrogens (tertiary/aromatic N) is 3. The van der Waals surface area contributed by atoms with E-state index in [1.807, 2.05) is 0 Å². The molecule has 0 spiro atoms. The maximum absolute atomic E-state index is 12.9. The molecule has 0 bridgehead atoms. The molecule has 144 valence electrons. The fraction of sp³-hybridized carbons (Fsp3) is 0.526. The Morgan fingerprint density at radius 2 is 2.11 bits per heavy atom. The fourth-order valence-electron chi connectivity index (χ4n) is 3.53. The van der Waals surface area contributed by atoms with Crippen molar-refractivity contribution in [3.05, 3.63) is 41.5 Å². The van der Waals surface area contributed by atoms with E-state index in [0.717, 1.165) is 31.5 Å². The smallest absolute Gasteiger partial charge is 0.288 e. The first-order valence-corrected chi connectivity index (χ1v) is 10.1. The number of rotatable bonds is 6. The third-order valence-electron chi connectivity index (χ3n) is 5.03. The monoisotopic (exact) mass is 393 g/mol. The van der Waals surface area contributed by atoms with Crippen LogP contribution in [0.1, 0.15) is 53.7 Å². The van der Waals surface area contributed by atoms with E-state index < -0.39 is 5.76 Å².